The van der Waals surface area contributed by atoms with E-state index < -0.39 is 6.55 Å². The monoisotopic (exact) mass is 612 g/mol. The number of carbonyl (C=O) groups excluding carboxylic acids is 2. The van der Waals surface area contributed by atoms with Crippen molar-refractivity contribution < 1.29 is 22.8 Å². The summed E-state index contributed by atoms with van der Waals surface area (Å²) in [7, 11) is 0. The summed E-state index contributed by atoms with van der Waals surface area (Å²) in [5.41, 5.74) is 3.61. The van der Waals surface area contributed by atoms with Crippen LogP contribution in [0.3, 0.4) is 0 Å². The number of fused-ring (bicyclic) bond motifs is 1. The Labute approximate surface area is 256 Å². The molecule has 0 bridgehead atoms. The number of amides is 2. The van der Waals surface area contributed by atoms with Gasteiger partial charge in [0, 0.05) is 36.5 Å². The Kier molecular flexibility index (Phi) is 7.74. The summed E-state index contributed by atoms with van der Waals surface area (Å²) in [6, 6.07) is 18.3. The zero-order valence-electron chi connectivity index (χ0n) is 24.2. The van der Waals surface area contributed by atoms with Gasteiger partial charge in [0.05, 0.1) is 5.92 Å². The Morgan fingerprint density at radius 1 is 0.978 bits per heavy atom. The fourth-order valence-electron chi connectivity index (χ4n) is 6.06. The van der Waals surface area contributed by atoms with Crippen molar-refractivity contribution in [2.75, 3.05) is 18.4 Å². The summed E-state index contributed by atoms with van der Waals surface area (Å²) in [6.45, 7) is -1.96. The number of hydrogen-bond acceptors (Lipinski definition) is 8. The highest BCUT2D eigenvalue weighted by atomic mass is 19.3. The number of nitrogens with one attached hydrogen (secondary N) is 1. The predicted molar refractivity (Wildman–Crippen MR) is 159 cm³/mol. The van der Waals surface area contributed by atoms with Crippen LogP contribution in [0.2, 0.25) is 0 Å². The van der Waals surface area contributed by atoms with Crippen LogP contribution in [-0.4, -0.2) is 60.0 Å². The van der Waals surface area contributed by atoms with Gasteiger partial charge >= 0.3 is 6.55 Å². The van der Waals surface area contributed by atoms with E-state index in [4.69, 9.17) is 4.42 Å². The molecule has 5 aromatic rings. The highest BCUT2D eigenvalue weighted by Crippen LogP contribution is 2.37. The topological polar surface area (TPSA) is 132 Å². The van der Waals surface area contributed by atoms with Crippen LogP contribution in [0, 0.1) is 11.8 Å². The largest absolute Gasteiger partial charge is 0.436 e. The molecule has 2 aromatic carbocycles. The second-order valence-corrected chi connectivity index (χ2v) is 11.5. The Morgan fingerprint density at radius 3 is 2.49 bits per heavy atom. The molecular weight excluding hydrogens is 582 g/mol. The average molecular weight is 613 g/mol. The molecule has 1 aliphatic carbocycles. The third-order valence-corrected chi connectivity index (χ3v) is 8.71. The predicted octanol–water partition coefficient (Wildman–Crippen LogP) is 5.69. The fourth-order valence-corrected chi connectivity index (χ4v) is 6.06. The molecule has 11 nitrogen and oxygen atoms in total. The van der Waals surface area contributed by atoms with Crippen molar-refractivity contribution in [3.05, 3.63) is 83.9 Å². The summed E-state index contributed by atoms with van der Waals surface area (Å²) in [6.07, 6.45) is 5.72. The van der Waals surface area contributed by atoms with Gasteiger partial charge in [0.15, 0.2) is 11.4 Å². The van der Waals surface area contributed by atoms with Gasteiger partial charge in [-0.15, -0.1) is 10.2 Å². The van der Waals surface area contributed by atoms with E-state index in [0.29, 0.717) is 59.0 Å². The maximum absolute atomic E-state index is 13.5. The zero-order chi connectivity index (χ0) is 30.9. The molecule has 1 N–H and O–H groups in total. The van der Waals surface area contributed by atoms with Crippen LogP contribution >= 0.6 is 0 Å². The van der Waals surface area contributed by atoms with Gasteiger partial charge in [0.25, 0.3) is 5.91 Å². The van der Waals surface area contributed by atoms with Gasteiger partial charge in [-0.3, -0.25) is 14.6 Å². The van der Waals surface area contributed by atoms with Crippen LogP contribution in [0.1, 0.15) is 66.4 Å². The second-order valence-electron chi connectivity index (χ2n) is 11.5. The number of halogens is 2. The minimum Gasteiger partial charge on any atom is -0.436 e. The summed E-state index contributed by atoms with van der Waals surface area (Å²) in [4.78, 5) is 36.9. The lowest BCUT2D eigenvalue weighted by Gasteiger charge is -2.35. The van der Waals surface area contributed by atoms with Crippen LogP contribution in [-0.2, 0) is 4.79 Å². The molecule has 45 heavy (non-hydrogen) atoms. The number of aromatic nitrogens is 6. The third kappa shape index (κ3) is 5.89. The molecule has 1 saturated heterocycles. The van der Waals surface area contributed by atoms with Crippen molar-refractivity contribution in [2.45, 2.75) is 44.6 Å². The number of benzene rings is 2. The summed E-state index contributed by atoms with van der Waals surface area (Å²) in [5, 5.41) is 14.4. The normalized spacial score (nSPS) is 16.6. The van der Waals surface area contributed by atoms with E-state index in [0.717, 1.165) is 24.8 Å². The molecule has 13 heteroatoms. The summed E-state index contributed by atoms with van der Waals surface area (Å²) >= 11 is 0. The van der Waals surface area contributed by atoms with E-state index in [-0.39, 0.29) is 41.1 Å². The second kappa shape index (κ2) is 12.1. The highest BCUT2D eigenvalue weighted by molar-refractivity contribution is 5.95. The first-order chi connectivity index (χ1) is 21.9. The summed E-state index contributed by atoms with van der Waals surface area (Å²) in [5.74, 6) is 0.162. The SMILES string of the molecule is O=C(Nc1ccc2oc(-c3ccnc(C(=O)N4CCC([C@@H](c5ccccc5)c5nnn(C(F)F)n5)CC4)c3)nc2c1)C1CCC1. The van der Waals surface area contributed by atoms with Crippen molar-refractivity contribution >= 4 is 28.6 Å². The fraction of sp³-hybridized carbons (Fsp3) is 0.344. The lowest BCUT2D eigenvalue weighted by molar-refractivity contribution is -0.122. The van der Waals surface area contributed by atoms with E-state index in [1.165, 1.54) is 0 Å². The van der Waals surface area contributed by atoms with E-state index in [1.807, 2.05) is 30.3 Å². The van der Waals surface area contributed by atoms with Crippen LogP contribution in [0.15, 0.2) is 71.3 Å². The Hall–Kier alpha value is -5.07. The number of oxazole rings is 1. The van der Waals surface area contributed by atoms with Crippen molar-refractivity contribution in [3.63, 3.8) is 0 Å². The van der Waals surface area contributed by atoms with Gasteiger partial charge in [0.1, 0.15) is 11.2 Å². The number of pyridine rings is 1. The van der Waals surface area contributed by atoms with Crippen LogP contribution < -0.4 is 5.32 Å². The molecule has 0 unspecified atom stereocenters. The molecule has 7 rings (SSSR count). The van der Waals surface area contributed by atoms with E-state index in [9.17, 15) is 18.4 Å². The maximum Gasteiger partial charge on any atom is 0.350 e. The minimum atomic E-state index is -2.87. The van der Waals surface area contributed by atoms with Crippen molar-refractivity contribution in [2.24, 2.45) is 11.8 Å². The zero-order valence-corrected chi connectivity index (χ0v) is 24.2. The number of anilines is 1. The molecule has 0 spiro atoms. The molecule has 2 fully saturated rings. The lowest BCUT2D eigenvalue weighted by atomic mass is 9.79. The van der Waals surface area contributed by atoms with E-state index >= 15 is 0 Å². The van der Waals surface area contributed by atoms with Crippen molar-refractivity contribution in [1.29, 1.82) is 0 Å². The molecule has 1 atom stereocenters. The molecule has 3 aromatic heterocycles. The number of nitrogens with zero attached hydrogens (tertiary/aromatic N) is 7. The molecule has 1 aliphatic heterocycles. The first-order valence-corrected chi connectivity index (χ1v) is 15.0. The molecule has 0 radical (unpaired) electrons. The average Bonchev–Trinajstić information content (AvgIpc) is 3.69. The first-order valence-electron chi connectivity index (χ1n) is 15.0. The highest BCUT2D eigenvalue weighted by Gasteiger charge is 2.34. The Bertz CT molecular complexity index is 1830. The molecule has 2 aliphatic rings. The number of hydrogen-bond donors (Lipinski definition) is 1. The summed E-state index contributed by atoms with van der Waals surface area (Å²) < 4.78 is 32.4. The van der Waals surface area contributed by atoms with Gasteiger partial charge in [-0.25, -0.2) is 4.98 Å². The molecule has 2 amide bonds. The maximum atomic E-state index is 13.5. The van der Waals surface area contributed by atoms with Gasteiger partial charge in [-0.1, -0.05) is 41.5 Å². The number of piperidine rings is 1. The van der Waals surface area contributed by atoms with Crippen molar-refractivity contribution in [3.8, 4) is 11.5 Å². The van der Waals surface area contributed by atoms with Crippen LogP contribution in [0.5, 0.6) is 0 Å². The van der Waals surface area contributed by atoms with E-state index in [1.54, 1.807) is 41.4 Å². The molecule has 1 saturated carbocycles. The smallest absolute Gasteiger partial charge is 0.350 e. The third-order valence-electron chi connectivity index (χ3n) is 8.71. The van der Waals surface area contributed by atoms with Crippen molar-refractivity contribution in [1.82, 2.24) is 35.1 Å². The van der Waals surface area contributed by atoms with Gasteiger partial charge < -0.3 is 14.6 Å². The Balaban J connectivity index is 1.05. The first kappa shape index (κ1) is 28.7. The number of carbonyl (C=O) groups is 2. The van der Waals surface area contributed by atoms with Gasteiger partial charge in [-0.05, 0) is 72.7 Å². The van der Waals surface area contributed by atoms with E-state index in [2.05, 4.69) is 30.7 Å². The van der Waals surface area contributed by atoms with Gasteiger partial charge in [0.2, 0.25) is 11.8 Å². The Morgan fingerprint density at radius 2 is 1.78 bits per heavy atom. The number of tetrazole rings is 1. The quantitative estimate of drug-likeness (QED) is 0.236. The lowest BCUT2D eigenvalue weighted by Crippen LogP contribution is -2.40. The minimum absolute atomic E-state index is 0.0224. The molecule has 4 heterocycles. The standard InChI is InChI=1S/C32H30F2N8O3/c33-32(34)42-39-28(38-40-42)27(19-5-2-1-3-6-19)20-12-15-41(16-13-20)31(44)25-17-22(11-14-35-25)30-37-24-18-23(9-10-26(24)45-30)36-29(43)21-7-4-8-21/h1-3,5-6,9-11,14,17-18,20-21,27,32H,4,7-8,12-13,15-16H2,(H,36,43)/t27-/m1/s1. The molecular formula is C32H30F2N8O3. The van der Waals surface area contributed by atoms with Crippen LogP contribution in [0.25, 0.3) is 22.6 Å². The van der Waals surface area contributed by atoms with Gasteiger partial charge in [-0.2, -0.15) is 8.78 Å². The molecule has 230 valence electrons. The van der Waals surface area contributed by atoms with Crippen LogP contribution in [0.4, 0.5) is 14.5 Å². The number of rotatable bonds is 8. The number of alkyl halides is 2. The number of likely N-dealkylation sites (tertiary alicyclic amines) is 1.